The lowest BCUT2D eigenvalue weighted by molar-refractivity contribution is -0.140. The van der Waals surface area contributed by atoms with Gasteiger partial charge in [-0.2, -0.15) is 0 Å². The van der Waals surface area contributed by atoms with Crippen molar-refractivity contribution in [1.29, 1.82) is 0 Å². The van der Waals surface area contributed by atoms with Crippen molar-refractivity contribution >= 4 is 41.8 Å². The second-order valence-electron chi connectivity index (χ2n) is 7.10. The summed E-state index contributed by atoms with van der Waals surface area (Å²) in [4.78, 5) is 30.8. The van der Waals surface area contributed by atoms with Gasteiger partial charge in [-0.25, -0.2) is 0 Å². The lowest BCUT2D eigenvalue weighted by Gasteiger charge is -2.17. The fourth-order valence-corrected chi connectivity index (χ4v) is 4.24. The molecule has 2 amide bonds. The first-order chi connectivity index (χ1) is 11.2. The summed E-state index contributed by atoms with van der Waals surface area (Å²) in [5, 5.41) is 6.57. The van der Waals surface area contributed by atoms with E-state index in [1.54, 1.807) is 7.05 Å². The minimum Gasteiger partial charge on any atom is -0.356 e. The molecule has 2 saturated carbocycles. The SMILES string of the molecule is CN=C(NCCCN1C(=O)C2C3C=CC(C3)C2C1=O)NC1CC1.I. The fraction of sp³-hybridized carbons (Fsp3) is 0.706. The van der Waals surface area contributed by atoms with Crippen LogP contribution in [0.5, 0.6) is 0 Å². The number of hydrogen-bond acceptors (Lipinski definition) is 3. The Balaban J connectivity index is 0.00000169. The van der Waals surface area contributed by atoms with Gasteiger partial charge in [0.15, 0.2) is 5.96 Å². The topological polar surface area (TPSA) is 73.8 Å². The second kappa shape index (κ2) is 7.01. The Morgan fingerprint density at radius 3 is 2.38 bits per heavy atom. The molecule has 0 aromatic rings. The van der Waals surface area contributed by atoms with Crippen LogP contribution < -0.4 is 10.6 Å². The van der Waals surface area contributed by atoms with E-state index in [1.165, 1.54) is 17.7 Å². The average Bonchev–Trinajstić information content (AvgIpc) is 3.03. The predicted molar refractivity (Wildman–Crippen MR) is 102 cm³/mol. The zero-order valence-corrected chi connectivity index (χ0v) is 16.2. The zero-order valence-electron chi connectivity index (χ0n) is 13.9. The Hall–Kier alpha value is -1.12. The maximum absolute atomic E-state index is 12.5. The number of nitrogens with zero attached hydrogens (tertiary/aromatic N) is 2. The summed E-state index contributed by atoms with van der Waals surface area (Å²) >= 11 is 0. The standard InChI is InChI=1S/C17H24N4O2.HI/c1-18-17(20-12-5-6-12)19-7-2-8-21-15(22)13-10-3-4-11(9-10)14(13)16(21)23;/h3-4,10-14H,2,5-9H2,1H3,(H2,18,19,20);1H. The van der Waals surface area contributed by atoms with Gasteiger partial charge in [-0.3, -0.25) is 19.5 Å². The van der Waals surface area contributed by atoms with Crippen LogP contribution in [0.15, 0.2) is 17.1 Å². The van der Waals surface area contributed by atoms with E-state index < -0.39 is 0 Å². The first-order valence-electron chi connectivity index (χ1n) is 8.70. The number of imide groups is 1. The first-order valence-corrected chi connectivity index (χ1v) is 8.70. The molecule has 24 heavy (non-hydrogen) atoms. The molecule has 1 heterocycles. The molecule has 4 unspecified atom stereocenters. The van der Waals surface area contributed by atoms with Gasteiger partial charge in [-0.05, 0) is 37.5 Å². The zero-order chi connectivity index (χ0) is 16.0. The highest BCUT2D eigenvalue weighted by molar-refractivity contribution is 14.0. The van der Waals surface area contributed by atoms with Gasteiger partial charge in [0.1, 0.15) is 0 Å². The van der Waals surface area contributed by atoms with E-state index in [2.05, 4.69) is 27.8 Å². The van der Waals surface area contributed by atoms with Gasteiger partial charge in [0, 0.05) is 26.2 Å². The highest BCUT2D eigenvalue weighted by Crippen LogP contribution is 2.52. The van der Waals surface area contributed by atoms with Crippen LogP contribution in [0.3, 0.4) is 0 Å². The number of fused-ring (bicyclic) bond motifs is 5. The van der Waals surface area contributed by atoms with E-state index in [-0.39, 0.29) is 47.6 Å². The number of aliphatic imine (C=N–C) groups is 1. The van der Waals surface area contributed by atoms with Gasteiger partial charge in [0.05, 0.1) is 11.8 Å². The highest BCUT2D eigenvalue weighted by Gasteiger charge is 2.58. The van der Waals surface area contributed by atoms with E-state index in [0.717, 1.165) is 18.8 Å². The summed E-state index contributed by atoms with van der Waals surface area (Å²) in [5.74, 6) is 1.36. The smallest absolute Gasteiger partial charge is 0.233 e. The Morgan fingerprint density at radius 1 is 1.21 bits per heavy atom. The molecule has 4 rings (SSSR count). The van der Waals surface area contributed by atoms with Crippen LogP contribution >= 0.6 is 24.0 Å². The molecule has 0 aromatic heterocycles. The maximum Gasteiger partial charge on any atom is 0.233 e. The van der Waals surface area contributed by atoms with E-state index in [4.69, 9.17) is 0 Å². The molecular weight excluding hydrogens is 419 g/mol. The quantitative estimate of drug-likeness (QED) is 0.167. The molecule has 1 aliphatic heterocycles. The minimum atomic E-state index is -0.0743. The number of halogens is 1. The number of hydrogen-bond donors (Lipinski definition) is 2. The summed E-state index contributed by atoms with van der Waals surface area (Å²) < 4.78 is 0. The number of allylic oxidation sites excluding steroid dienone is 2. The van der Waals surface area contributed by atoms with Crippen molar-refractivity contribution in [1.82, 2.24) is 15.5 Å². The first kappa shape index (κ1) is 17.7. The van der Waals surface area contributed by atoms with Crippen molar-refractivity contribution in [3.8, 4) is 0 Å². The van der Waals surface area contributed by atoms with E-state index in [9.17, 15) is 9.59 Å². The number of amides is 2. The molecule has 1 saturated heterocycles. The number of carbonyl (C=O) groups is 2. The molecule has 4 atom stereocenters. The summed E-state index contributed by atoms with van der Waals surface area (Å²) in [6.07, 6.45) is 8.43. The Kier molecular flexibility index (Phi) is 5.17. The molecule has 0 spiro atoms. The lowest BCUT2D eigenvalue weighted by Crippen LogP contribution is -2.40. The van der Waals surface area contributed by atoms with Crippen molar-refractivity contribution in [2.45, 2.75) is 31.7 Å². The Labute approximate surface area is 159 Å². The van der Waals surface area contributed by atoms with Crippen LogP contribution in [-0.2, 0) is 9.59 Å². The average molecular weight is 444 g/mol. The van der Waals surface area contributed by atoms with Crippen LogP contribution in [-0.4, -0.2) is 48.9 Å². The van der Waals surface area contributed by atoms with Crippen molar-refractivity contribution in [2.75, 3.05) is 20.1 Å². The van der Waals surface area contributed by atoms with Crippen LogP contribution in [0.25, 0.3) is 0 Å². The molecule has 4 aliphatic rings. The number of rotatable bonds is 5. The van der Waals surface area contributed by atoms with E-state index >= 15 is 0 Å². The van der Waals surface area contributed by atoms with Crippen LogP contribution in [0.4, 0.5) is 0 Å². The third kappa shape index (κ3) is 3.07. The van der Waals surface area contributed by atoms with Crippen molar-refractivity contribution in [3.05, 3.63) is 12.2 Å². The van der Waals surface area contributed by atoms with E-state index in [1.807, 2.05) is 0 Å². The molecule has 2 bridgehead atoms. The molecule has 0 radical (unpaired) electrons. The molecule has 6 nitrogen and oxygen atoms in total. The van der Waals surface area contributed by atoms with Crippen molar-refractivity contribution in [2.24, 2.45) is 28.7 Å². The van der Waals surface area contributed by atoms with Gasteiger partial charge < -0.3 is 10.6 Å². The fourth-order valence-electron chi connectivity index (χ4n) is 4.24. The van der Waals surface area contributed by atoms with Gasteiger partial charge in [0.2, 0.25) is 11.8 Å². The largest absolute Gasteiger partial charge is 0.356 e. The molecule has 7 heteroatoms. The molecule has 132 valence electrons. The predicted octanol–water partition coefficient (Wildman–Crippen LogP) is 1.13. The third-order valence-corrected chi connectivity index (χ3v) is 5.55. The van der Waals surface area contributed by atoms with Gasteiger partial charge in [0.25, 0.3) is 0 Å². The maximum atomic E-state index is 12.5. The van der Waals surface area contributed by atoms with Crippen LogP contribution in [0, 0.1) is 23.7 Å². The monoisotopic (exact) mass is 444 g/mol. The van der Waals surface area contributed by atoms with Gasteiger partial charge in [-0.1, -0.05) is 12.2 Å². The Bertz CT molecular complexity index is 557. The molecule has 3 fully saturated rings. The normalized spacial score (nSPS) is 33.7. The third-order valence-electron chi connectivity index (χ3n) is 5.55. The minimum absolute atomic E-state index is 0. The van der Waals surface area contributed by atoms with Crippen LogP contribution in [0.1, 0.15) is 25.7 Å². The Morgan fingerprint density at radius 2 is 1.83 bits per heavy atom. The number of likely N-dealkylation sites (tertiary alicyclic amines) is 1. The second-order valence-corrected chi connectivity index (χ2v) is 7.10. The molecule has 0 aromatic carbocycles. The van der Waals surface area contributed by atoms with Crippen molar-refractivity contribution < 1.29 is 9.59 Å². The summed E-state index contributed by atoms with van der Waals surface area (Å²) in [5.41, 5.74) is 0. The van der Waals surface area contributed by atoms with Crippen LogP contribution in [0.2, 0.25) is 0 Å². The van der Waals surface area contributed by atoms with Gasteiger partial charge in [-0.15, -0.1) is 24.0 Å². The van der Waals surface area contributed by atoms with E-state index in [0.29, 0.717) is 31.0 Å². The number of carbonyl (C=O) groups excluding carboxylic acids is 2. The summed E-state index contributed by atoms with van der Waals surface area (Å²) in [7, 11) is 1.76. The summed E-state index contributed by atoms with van der Waals surface area (Å²) in [6, 6.07) is 0.560. The highest BCUT2D eigenvalue weighted by atomic mass is 127. The number of nitrogens with one attached hydrogen (secondary N) is 2. The number of guanidine groups is 1. The molecule has 2 N–H and O–H groups in total. The molecule has 3 aliphatic carbocycles. The lowest BCUT2D eigenvalue weighted by atomic mass is 9.85. The van der Waals surface area contributed by atoms with Gasteiger partial charge >= 0.3 is 0 Å². The molecular formula is C17H25IN4O2. The van der Waals surface area contributed by atoms with Crippen molar-refractivity contribution in [3.63, 3.8) is 0 Å². The summed E-state index contributed by atoms with van der Waals surface area (Å²) in [6.45, 7) is 1.22.